The van der Waals surface area contributed by atoms with E-state index in [4.69, 9.17) is 5.11 Å². The van der Waals surface area contributed by atoms with Crippen LogP contribution in [-0.2, 0) is 6.54 Å². The van der Waals surface area contributed by atoms with E-state index in [-0.39, 0.29) is 5.69 Å². The molecule has 18 heavy (non-hydrogen) atoms. The first kappa shape index (κ1) is 13.0. The minimum Gasteiger partial charge on any atom is -0.477 e. The summed E-state index contributed by atoms with van der Waals surface area (Å²) < 4.78 is 0. The summed E-state index contributed by atoms with van der Waals surface area (Å²) in [6.07, 6.45) is 3.70. The molecule has 4 nitrogen and oxygen atoms in total. The molecule has 2 unspecified atom stereocenters. The van der Waals surface area contributed by atoms with Crippen LogP contribution in [0, 0.1) is 0 Å². The van der Waals surface area contributed by atoms with Gasteiger partial charge in [-0.3, -0.25) is 4.90 Å². The zero-order valence-electron chi connectivity index (χ0n) is 11.0. The Morgan fingerprint density at radius 3 is 2.67 bits per heavy atom. The van der Waals surface area contributed by atoms with Gasteiger partial charge in [0, 0.05) is 18.6 Å². The van der Waals surface area contributed by atoms with Crippen LogP contribution in [-0.4, -0.2) is 33.0 Å². The minimum absolute atomic E-state index is 0.129. The van der Waals surface area contributed by atoms with Crippen LogP contribution in [0.5, 0.6) is 0 Å². The summed E-state index contributed by atoms with van der Waals surface area (Å²) in [5, 5.41) is 8.94. The van der Waals surface area contributed by atoms with Gasteiger partial charge in [0.25, 0.3) is 0 Å². The van der Waals surface area contributed by atoms with E-state index in [0.717, 1.165) is 12.2 Å². The van der Waals surface area contributed by atoms with Crippen LogP contribution in [0.2, 0.25) is 0 Å². The lowest BCUT2D eigenvalue weighted by atomic mass is 9.97. The molecule has 0 radical (unpaired) electrons. The van der Waals surface area contributed by atoms with Crippen LogP contribution in [0.25, 0.3) is 0 Å². The van der Waals surface area contributed by atoms with Gasteiger partial charge in [-0.15, -0.1) is 0 Å². The molecule has 1 aromatic rings. The summed E-state index contributed by atoms with van der Waals surface area (Å²) in [5.41, 5.74) is 0.973. The molecule has 1 saturated heterocycles. The van der Waals surface area contributed by atoms with Crippen LogP contribution in [0.15, 0.2) is 18.2 Å². The first-order valence-electron chi connectivity index (χ1n) is 6.53. The Bertz CT molecular complexity index is 424. The molecule has 0 aromatic carbocycles. The van der Waals surface area contributed by atoms with E-state index in [1.54, 1.807) is 6.07 Å². The second-order valence-electron chi connectivity index (χ2n) is 5.12. The van der Waals surface area contributed by atoms with Crippen LogP contribution in [0.4, 0.5) is 0 Å². The van der Waals surface area contributed by atoms with E-state index in [1.807, 2.05) is 6.07 Å². The van der Waals surface area contributed by atoms with Gasteiger partial charge in [-0.1, -0.05) is 12.5 Å². The van der Waals surface area contributed by atoms with E-state index < -0.39 is 5.97 Å². The van der Waals surface area contributed by atoms with Crippen molar-refractivity contribution >= 4 is 5.97 Å². The highest BCUT2D eigenvalue weighted by Crippen LogP contribution is 2.24. The zero-order valence-corrected chi connectivity index (χ0v) is 11.0. The maximum absolute atomic E-state index is 10.9. The Hall–Kier alpha value is -1.42. The van der Waals surface area contributed by atoms with Crippen molar-refractivity contribution in [2.24, 2.45) is 0 Å². The summed E-state index contributed by atoms with van der Waals surface area (Å²) in [6, 6.07) is 6.30. The molecule has 1 fully saturated rings. The van der Waals surface area contributed by atoms with Gasteiger partial charge in [0.05, 0.1) is 5.69 Å². The molecule has 1 aliphatic rings. The Morgan fingerprint density at radius 1 is 1.39 bits per heavy atom. The summed E-state index contributed by atoms with van der Waals surface area (Å²) >= 11 is 0. The maximum atomic E-state index is 10.9. The number of nitrogens with zero attached hydrogens (tertiary/aromatic N) is 2. The van der Waals surface area contributed by atoms with Crippen LogP contribution >= 0.6 is 0 Å². The zero-order chi connectivity index (χ0) is 13.1. The van der Waals surface area contributed by atoms with Gasteiger partial charge < -0.3 is 5.11 Å². The smallest absolute Gasteiger partial charge is 0.354 e. The van der Waals surface area contributed by atoms with Crippen molar-refractivity contribution in [1.29, 1.82) is 0 Å². The van der Waals surface area contributed by atoms with E-state index in [0.29, 0.717) is 12.1 Å². The fourth-order valence-corrected chi connectivity index (χ4v) is 2.66. The Balaban J connectivity index is 2.12. The van der Waals surface area contributed by atoms with E-state index in [1.165, 1.54) is 25.3 Å². The van der Waals surface area contributed by atoms with Crippen LogP contribution in [0.1, 0.15) is 49.3 Å². The summed E-state index contributed by atoms with van der Waals surface area (Å²) in [5.74, 6) is -0.961. The topological polar surface area (TPSA) is 53.4 Å². The van der Waals surface area contributed by atoms with Gasteiger partial charge in [0.15, 0.2) is 0 Å². The predicted octanol–water partition coefficient (Wildman–Crippen LogP) is 2.54. The number of carboxylic acids is 1. The minimum atomic E-state index is -0.961. The molecule has 0 aliphatic carbocycles. The molecular weight excluding hydrogens is 228 g/mol. The first-order chi connectivity index (χ1) is 8.58. The first-order valence-corrected chi connectivity index (χ1v) is 6.53. The van der Waals surface area contributed by atoms with Crippen molar-refractivity contribution in [2.75, 3.05) is 0 Å². The van der Waals surface area contributed by atoms with Crippen molar-refractivity contribution in [1.82, 2.24) is 9.88 Å². The number of rotatable bonds is 3. The second-order valence-corrected chi connectivity index (χ2v) is 5.12. The number of pyridine rings is 1. The molecule has 2 atom stereocenters. The van der Waals surface area contributed by atoms with E-state index >= 15 is 0 Å². The average molecular weight is 248 g/mol. The number of aromatic carboxylic acids is 1. The van der Waals surface area contributed by atoms with Gasteiger partial charge in [0.2, 0.25) is 0 Å². The SMILES string of the molecule is CC1CCCC(C)N1Cc1cccc(C(=O)O)n1. The molecule has 2 rings (SSSR count). The van der Waals surface area contributed by atoms with Gasteiger partial charge in [-0.05, 0) is 38.8 Å². The molecule has 0 saturated carbocycles. The summed E-state index contributed by atoms with van der Waals surface area (Å²) in [4.78, 5) is 17.5. The van der Waals surface area contributed by atoms with Crippen LogP contribution < -0.4 is 0 Å². The van der Waals surface area contributed by atoms with Crippen molar-refractivity contribution in [3.63, 3.8) is 0 Å². The van der Waals surface area contributed by atoms with Crippen molar-refractivity contribution in [2.45, 2.75) is 51.7 Å². The third-order valence-electron chi connectivity index (χ3n) is 3.75. The Kier molecular flexibility index (Phi) is 3.97. The lowest BCUT2D eigenvalue weighted by molar-refractivity contribution is 0.0688. The normalized spacial score (nSPS) is 25.0. The number of hydrogen-bond acceptors (Lipinski definition) is 3. The summed E-state index contributed by atoms with van der Waals surface area (Å²) in [7, 11) is 0. The number of aromatic nitrogens is 1. The molecule has 1 aromatic heterocycles. The van der Waals surface area contributed by atoms with Gasteiger partial charge >= 0.3 is 5.97 Å². The molecule has 4 heteroatoms. The van der Waals surface area contributed by atoms with E-state index in [2.05, 4.69) is 23.7 Å². The number of likely N-dealkylation sites (tertiary alicyclic amines) is 1. The van der Waals surface area contributed by atoms with Gasteiger partial charge in [-0.2, -0.15) is 0 Å². The quantitative estimate of drug-likeness (QED) is 0.893. The fraction of sp³-hybridized carbons (Fsp3) is 0.571. The van der Waals surface area contributed by atoms with Crippen molar-refractivity contribution in [3.05, 3.63) is 29.6 Å². The lowest BCUT2D eigenvalue weighted by Gasteiger charge is -2.38. The number of carboxylic acid groups (broad SMARTS) is 1. The fourth-order valence-electron chi connectivity index (χ4n) is 2.66. The predicted molar refractivity (Wildman–Crippen MR) is 69.5 cm³/mol. The summed E-state index contributed by atoms with van der Waals surface area (Å²) in [6.45, 7) is 5.21. The molecule has 0 bridgehead atoms. The maximum Gasteiger partial charge on any atom is 0.354 e. The molecule has 1 aliphatic heterocycles. The second kappa shape index (κ2) is 5.48. The standard InChI is InChI=1S/C14H20N2O2/c1-10-5-3-6-11(2)16(10)9-12-7-4-8-13(15-12)14(17)18/h4,7-8,10-11H,3,5-6,9H2,1-2H3,(H,17,18). The third-order valence-corrected chi connectivity index (χ3v) is 3.75. The van der Waals surface area contributed by atoms with Gasteiger partial charge in [0.1, 0.15) is 5.69 Å². The monoisotopic (exact) mass is 248 g/mol. The number of piperidine rings is 1. The van der Waals surface area contributed by atoms with Crippen molar-refractivity contribution in [3.8, 4) is 0 Å². The highest BCUT2D eigenvalue weighted by molar-refractivity contribution is 5.85. The molecule has 2 heterocycles. The van der Waals surface area contributed by atoms with Crippen LogP contribution in [0.3, 0.4) is 0 Å². The highest BCUT2D eigenvalue weighted by Gasteiger charge is 2.24. The Morgan fingerprint density at radius 2 is 2.06 bits per heavy atom. The molecule has 98 valence electrons. The number of carbonyl (C=O) groups is 1. The largest absolute Gasteiger partial charge is 0.477 e. The van der Waals surface area contributed by atoms with Gasteiger partial charge in [-0.25, -0.2) is 9.78 Å². The highest BCUT2D eigenvalue weighted by atomic mass is 16.4. The molecular formula is C14H20N2O2. The molecule has 0 spiro atoms. The van der Waals surface area contributed by atoms with Crippen molar-refractivity contribution < 1.29 is 9.90 Å². The molecule has 1 N–H and O–H groups in total. The lowest BCUT2D eigenvalue weighted by Crippen LogP contribution is -2.43. The molecule has 0 amide bonds. The Labute approximate surface area is 108 Å². The third kappa shape index (κ3) is 2.88. The van der Waals surface area contributed by atoms with E-state index in [9.17, 15) is 4.79 Å². The number of hydrogen-bond donors (Lipinski definition) is 1. The average Bonchev–Trinajstić information content (AvgIpc) is 2.34.